The summed E-state index contributed by atoms with van der Waals surface area (Å²) in [4.78, 5) is 2.57. The Kier molecular flexibility index (Phi) is 6.46. The van der Waals surface area contributed by atoms with E-state index in [0.717, 1.165) is 12.5 Å². The molecule has 2 aliphatic rings. The van der Waals surface area contributed by atoms with Crippen LogP contribution in [0.3, 0.4) is 0 Å². The van der Waals surface area contributed by atoms with Gasteiger partial charge in [0.05, 0.1) is 6.10 Å². The van der Waals surface area contributed by atoms with Crippen molar-refractivity contribution in [1.82, 2.24) is 10.2 Å². The first kappa shape index (κ1) is 14.3. The summed E-state index contributed by atoms with van der Waals surface area (Å²) in [6.45, 7) is 6.04. The molecule has 0 aromatic carbocycles. The largest absolute Gasteiger partial charge is 0.381 e. The Hall–Kier alpha value is -0.120. The molecule has 1 aliphatic carbocycles. The van der Waals surface area contributed by atoms with Crippen LogP contribution in [0.25, 0.3) is 0 Å². The maximum Gasteiger partial charge on any atom is 0.0595 e. The van der Waals surface area contributed by atoms with Gasteiger partial charge in [0.1, 0.15) is 0 Å². The number of nitrogens with one attached hydrogen (secondary N) is 1. The number of nitrogens with zero attached hydrogens (tertiary/aromatic N) is 1. The molecule has 18 heavy (non-hydrogen) atoms. The molecule has 3 nitrogen and oxygen atoms in total. The van der Waals surface area contributed by atoms with E-state index in [1.807, 2.05) is 7.11 Å². The van der Waals surface area contributed by atoms with Gasteiger partial charge in [-0.15, -0.1) is 0 Å². The third kappa shape index (κ3) is 4.87. The maximum atomic E-state index is 5.40. The molecule has 0 radical (unpaired) electrons. The highest BCUT2D eigenvalue weighted by molar-refractivity contribution is 4.73. The van der Waals surface area contributed by atoms with Crippen molar-refractivity contribution < 1.29 is 4.74 Å². The molecule has 0 atom stereocenters. The molecule has 0 spiro atoms. The third-order valence-electron chi connectivity index (χ3n) is 4.63. The van der Waals surface area contributed by atoms with Gasteiger partial charge in [-0.25, -0.2) is 0 Å². The lowest BCUT2D eigenvalue weighted by molar-refractivity contribution is 0.0414. The van der Waals surface area contributed by atoms with Crippen molar-refractivity contribution >= 4 is 0 Å². The molecule has 1 N–H and O–H groups in total. The van der Waals surface area contributed by atoms with Crippen molar-refractivity contribution in [2.45, 2.75) is 51.0 Å². The molecule has 0 aromatic rings. The smallest absolute Gasteiger partial charge is 0.0595 e. The Bertz CT molecular complexity index is 209. The highest BCUT2D eigenvalue weighted by atomic mass is 16.5. The molecule has 0 amide bonds. The van der Waals surface area contributed by atoms with Gasteiger partial charge in [0.15, 0.2) is 0 Å². The van der Waals surface area contributed by atoms with Crippen LogP contribution in [0.5, 0.6) is 0 Å². The number of likely N-dealkylation sites (tertiary alicyclic amines) is 1. The zero-order chi connectivity index (χ0) is 12.6. The fourth-order valence-corrected chi connectivity index (χ4v) is 3.30. The molecule has 1 saturated carbocycles. The van der Waals surface area contributed by atoms with E-state index in [4.69, 9.17) is 4.74 Å². The van der Waals surface area contributed by atoms with Gasteiger partial charge in [0.2, 0.25) is 0 Å². The van der Waals surface area contributed by atoms with Gasteiger partial charge in [0, 0.05) is 33.3 Å². The van der Waals surface area contributed by atoms with Crippen LogP contribution in [0.2, 0.25) is 0 Å². The van der Waals surface area contributed by atoms with Crippen LogP contribution in [-0.4, -0.2) is 50.8 Å². The molecule has 106 valence electrons. The molecule has 0 aromatic heterocycles. The lowest BCUT2D eigenvalue weighted by Gasteiger charge is -2.31. The topological polar surface area (TPSA) is 24.5 Å². The lowest BCUT2D eigenvalue weighted by Crippen LogP contribution is -2.40. The molecular weight excluding hydrogens is 224 g/mol. The summed E-state index contributed by atoms with van der Waals surface area (Å²) in [5.74, 6) is 0.956. The van der Waals surface area contributed by atoms with Crippen LogP contribution in [0.1, 0.15) is 44.9 Å². The van der Waals surface area contributed by atoms with E-state index in [0.29, 0.717) is 6.10 Å². The van der Waals surface area contributed by atoms with Crippen LogP contribution in [0, 0.1) is 5.92 Å². The average Bonchev–Trinajstić information content (AvgIpc) is 2.45. The molecule has 1 saturated heterocycles. The maximum absolute atomic E-state index is 5.40. The van der Waals surface area contributed by atoms with E-state index >= 15 is 0 Å². The van der Waals surface area contributed by atoms with Gasteiger partial charge in [-0.3, -0.25) is 0 Å². The quantitative estimate of drug-likeness (QED) is 0.736. The Morgan fingerprint density at radius 2 is 1.78 bits per heavy atom. The zero-order valence-electron chi connectivity index (χ0n) is 12.0. The van der Waals surface area contributed by atoms with E-state index in [2.05, 4.69) is 10.2 Å². The Balaban J connectivity index is 1.48. The Morgan fingerprint density at radius 1 is 1.06 bits per heavy atom. The van der Waals surface area contributed by atoms with E-state index < -0.39 is 0 Å². The first-order valence-corrected chi connectivity index (χ1v) is 7.84. The molecule has 2 fully saturated rings. The number of rotatable bonds is 6. The lowest BCUT2D eigenvalue weighted by atomic mass is 9.89. The van der Waals surface area contributed by atoms with Crippen LogP contribution in [-0.2, 0) is 4.74 Å². The Labute approximate surface area is 112 Å². The Morgan fingerprint density at radius 3 is 2.44 bits per heavy atom. The average molecular weight is 254 g/mol. The van der Waals surface area contributed by atoms with E-state index in [1.54, 1.807) is 0 Å². The van der Waals surface area contributed by atoms with Crippen molar-refractivity contribution in [2.75, 3.05) is 39.8 Å². The van der Waals surface area contributed by atoms with Crippen molar-refractivity contribution in [1.29, 1.82) is 0 Å². The third-order valence-corrected chi connectivity index (χ3v) is 4.63. The minimum atomic E-state index is 0.511. The molecule has 1 heterocycles. The van der Waals surface area contributed by atoms with Crippen molar-refractivity contribution in [3.63, 3.8) is 0 Å². The molecule has 2 rings (SSSR count). The second-order valence-corrected chi connectivity index (χ2v) is 5.98. The summed E-state index contributed by atoms with van der Waals surface area (Å²) in [5.41, 5.74) is 0. The second-order valence-electron chi connectivity index (χ2n) is 5.98. The minimum absolute atomic E-state index is 0.511. The van der Waals surface area contributed by atoms with Gasteiger partial charge in [0.25, 0.3) is 0 Å². The van der Waals surface area contributed by atoms with Crippen LogP contribution < -0.4 is 5.32 Å². The standard InChI is InChI=1S/C15H30N2O/c1-18-15-7-10-17(11-8-15)12-9-16-13-14-5-3-2-4-6-14/h14-16H,2-13H2,1H3. The van der Waals surface area contributed by atoms with Crippen molar-refractivity contribution in [3.8, 4) is 0 Å². The van der Waals surface area contributed by atoms with Gasteiger partial charge >= 0.3 is 0 Å². The molecule has 3 heteroatoms. The van der Waals surface area contributed by atoms with E-state index in [1.165, 1.54) is 71.1 Å². The van der Waals surface area contributed by atoms with E-state index in [9.17, 15) is 0 Å². The van der Waals surface area contributed by atoms with Crippen LogP contribution >= 0.6 is 0 Å². The molecule has 0 bridgehead atoms. The van der Waals surface area contributed by atoms with Gasteiger partial charge in [-0.2, -0.15) is 0 Å². The molecule has 0 unspecified atom stereocenters. The number of hydrogen-bond acceptors (Lipinski definition) is 3. The second kappa shape index (κ2) is 8.13. The number of hydrogen-bond donors (Lipinski definition) is 1. The van der Waals surface area contributed by atoms with Crippen LogP contribution in [0.15, 0.2) is 0 Å². The fourth-order valence-electron chi connectivity index (χ4n) is 3.30. The van der Waals surface area contributed by atoms with Crippen molar-refractivity contribution in [3.05, 3.63) is 0 Å². The summed E-state index contributed by atoms with van der Waals surface area (Å²) >= 11 is 0. The zero-order valence-corrected chi connectivity index (χ0v) is 12.0. The van der Waals surface area contributed by atoms with Gasteiger partial charge in [-0.05, 0) is 38.1 Å². The molecular formula is C15H30N2O. The summed E-state index contributed by atoms with van der Waals surface area (Å²) in [6.07, 6.45) is 10.2. The first-order chi connectivity index (χ1) is 8.88. The normalized spacial score (nSPS) is 24.5. The summed E-state index contributed by atoms with van der Waals surface area (Å²) in [6, 6.07) is 0. The van der Waals surface area contributed by atoms with Crippen molar-refractivity contribution in [2.24, 2.45) is 5.92 Å². The predicted octanol–water partition coefficient (Wildman–Crippen LogP) is 2.27. The number of ether oxygens (including phenoxy) is 1. The van der Waals surface area contributed by atoms with Gasteiger partial charge in [-0.1, -0.05) is 19.3 Å². The summed E-state index contributed by atoms with van der Waals surface area (Å²) in [7, 11) is 1.84. The van der Waals surface area contributed by atoms with Gasteiger partial charge < -0.3 is 15.0 Å². The molecule has 1 aliphatic heterocycles. The first-order valence-electron chi connectivity index (χ1n) is 7.84. The van der Waals surface area contributed by atoms with Crippen LogP contribution in [0.4, 0.5) is 0 Å². The summed E-state index contributed by atoms with van der Waals surface area (Å²) < 4.78 is 5.40. The van der Waals surface area contributed by atoms with E-state index in [-0.39, 0.29) is 0 Å². The fraction of sp³-hybridized carbons (Fsp3) is 1.00. The highest BCUT2D eigenvalue weighted by Crippen LogP contribution is 2.22. The SMILES string of the molecule is COC1CCN(CCNCC2CCCCC2)CC1. The number of methoxy groups -OCH3 is 1. The predicted molar refractivity (Wildman–Crippen MR) is 75.9 cm³/mol. The number of piperidine rings is 1. The summed E-state index contributed by atoms with van der Waals surface area (Å²) in [5, 5.41) is 3.65. The minimum Gasteiger partial charge on any atom is -0.381 e. The monoisotopic (exact) mass is 254 g/mol. The highest BCUT2D eigenvalue weighted by Gasteiger charge is 2.18.